The number of rotatable bonds is 2. The van der Waals surface area contributed by atoms with E-state index in [9.17, 15) is 0 Å². The van der Waals surface area contributed by atoms with Crippen LogP contribution >= 0.6 is 15.9 Å². The van der Waals surface area contributed by atoms with Crippen molar-refractivity contribution in [2.45, 2.75) is 18.9 Å². The van der Waals surface area contributed by atoms with E-state index < -0.39 is 0 Å². The smallest absolute Gasteiger partial charge is 0.0664 e. The van der Waals surface area contributed by atoms with Crippen LogP contribution in [0.1, 0.15) is 12.0 Å². The number of anilines is 1. The first kappa shape index (κ1) is 9.99. The van der Waals surface area contributed by atoms with Crippen LogP contribution in [0.4, 0.5) is 5.69 Å². The van der Waals surface area contributed by atoms with Crippen molar-refractivity contribution >= 4 is 21.6 Å². The zero-order valence-electron chi connectivity index (χ0n) is 8.22. The molecule has 2 nitrogen and oxygen atoms in total. The summed E-state index contributed by atoms with van der Waals surface area (Å²) in [5, 5.41) is 3.48. The Morgan fingerprint density at radius 1 is 1.57 bits per heavy atom. The van der Waals surface area contributed by atoms with Crippen LogP contribution < -0.4 is 5.32 Å². The molecule has 0 saturated carbocycles. The summed E-state index contributed by atoms with van der Waals surface area (Å²) in [7, 11) is 1.75. The average molecular weight is 256 g/mol. The van der Waals surface area contributed by atoms with Gasteiger partial charge in [0.15, 0.2) is 0 Å². The fraction of sp³-hybridized carbons (Fsp3) is 0.455. The Balaban J connectivity index is 2.15. The molecule has 14 heavy (non-hydrogen) atoms. The lowest BCUT2D eigenvalue weighted by Crippen LogP contribution is -2.29. The van der Waals surface area contributed by atoms with Crippen LogP contribution in [0.3, 0.4) is 0 Å². The summed E-state index contributed by atoms with van der Waals surface area (Å²) < 4.78 is 6.30. The van der Waals surface area contributed by atoms with Gasteiger partial charge in [0.2, 0.25) is 0 Å². The van der Waals surface area contributed by atoms with E-state index in [1.807, 2.05) is 0 Å². The Bertz CT molecular complexity index is 327. The van der Waals surface area contributed by atoms with Crippen molar-refractivity contribution in [2.24, 2.45) is 0 Å². The highest BCUT2D eigenvalue weighted by Gasteiger charge is 2.16. The molecule has 2 rings (SSSR count). The highest BCUT2D eigenvalue weighted by atomic mass is 79.9. The van der Waals surface area contributed by atoms with Crippen LogP contribution in [0.15, 0.2) is 22.7 Å². The summed E-state index contributed by atoms with van der Waals surface area (Å²) in [5.41, 5.74) is 2.65. The van der Waals surface area contributed by atoms with Crippen LogP contribution in [0.25, 0.3) is 0 Å². The predicted octanol–water partition coefficient (Wildman–Crippen LogP) is 2.82. The molecule has 0 aromatic heterocycles. The van der Waals surface area contributed by atoms with Gasteiger partial charge in [-0.3, -0.25) is 0 Å². The molecule has 1 aromatic carbocycles. The second kappa shape index (κ2) is 4.32. The van der Waals surface area contributed by atoms with Gasteiger partial charge in [0, 0.05) is 23.3 Å². The van der Waals surface area contributed by atoms with E-state index in [-0.39, 0.29) is 0 Å². The van der Waals surface area contributed by atoms with Gasteiger partial charge >= 0.3 is 0 Å². The van der Waals surface area contributed by atoms with E-state index in [0.717, 1.165) is 23.9 Å². The van der Waals surface area contributed by atoms with Gasteiger partial charge in [0.05, 0.1) is 6.61 Å². The Labute approximate surface area is 92.8 Å². The van der Waals surface area contributed by atoms with Crippen LogP contribution in [-0.4, -0.2) is 19.8 Å². The lowest BCUT2D eigenvalue weighted by atomic mass is 9.99. The number of nitrogens with one attached hydrogen (secondary N) is 1. The molecule has 0 spiro atoms. The molecule has 1 aromatic rings. The first-order valence-electron chi connectivity index (χ1n) is 4.83. The predicted molar refractivity (Wildman–Crippen MR) is 61.7 cm³/mol. The van der Waals surface area contributed by atoms with Crippen molar-refractivity contribution in [2.75, 3.05) is 19.0 Å². The van der Waals surface area contributed by atoms with Gasteiger partial charge in [-0.15, -0.1) is 0 Å². The van der Waals surface area contributed by atoms with E-state index in [4.69, 9.17) is 4.74 Å². The third-order valence-electron chi connectivity index (χ3n) is 2.56. The summed E-state index contributed by atoms with van der Waals surface area (Å²) >= 11 is 3.48. The summed E-state index contributed by atoms with van der Waals surface area (Å²) in [6, 6.07) is 6.85. The topological polar surface area (TPSA) is 21.3 Å². The normalized spacial score (nSPS) is 20.0. The van der Waals surface area contributed by atoms with E-state index in [1.54, 1.807) is 7.11 Å². The summed E-state index contributed by atoms with van der Waals surface area (Å²) in [6.07, 6.45) is 2.28. The molecule has 0 radical (unpaired) electrons. The zero-order valence-corrected chi connectivity index (χ0v) is 9.80. The van der Waals surface area contributed by atoms with E-state index >= 15 is 0 Å². The monoisotopic (exact) mass is 255 g/mol. The molecule has 0 bridgehead atoms. The highest BCUT2D eigenvalue weighted by molar-refractivity contribution is 9.10. The maximum Gasteiger partial charge on any atom is 0.0664 e. The minimum atomic E-state index is 0.466. The molecule has 0 saturated heterocycles. The van der Waals surface area contributed by atoms with Gasteiger partial charge < -0.3 is 10.1 Å². The zero-order chi connectivity index (χ0) is 9.97. The van der Waals surface area contributed by atoms with Gasteiger partial charge in [-0.1, -0.05) is 15.9 Å². The number of halogens is 1. The van der Waals surface area contributed by atoms with Crippen molar-refractivity contribution in [1.82, 2.24) is 0 Å². The molecule has 1 aliphatic rings. The fourth-order valence-electron chi connectivity index (χ4n) is 1.86. The molecule has 1 heterocycles. The van der Waals surface area contributed by atoms with Crippen molar-refractivity contribution in [3.8, 4) is 0 Å². The molecule has 3 heteroatoms. The molecule has 1 aliphatic heterocycles. The van der Waals surface area contributed by atoms with Crippen LogP contribution in [0.5, 0.6) is 0 Å². The minimum absolute atomic E-state index is 0.466. The number of hydrogen-bond acceptors (Lipinski definition) is 2. The number of fused-ring (bicyclic) bond motifs is 1. The highest BCUT2D eigenvalue weighted by Crippen LogP contribution is 2.27. The van der Waals surface area contributed by atoms with E-state index in [2.05, 4.69) is 39.4 Å². The molecule has 76 valence electrons. The second-order valence-electron chi connectivity index (χ2n) is 3.64. The molecule has 0 amide bonds. The largest absolute Gasteiger partial charge is 0.383 e. The summed E-state index contributed by atoms with van der Waals surface area (Å²) in [5.74, 6) is 0. The van der Waals surface area contributed by atoms with Crippen molar-refractivity contribution < 1.29 is 4.74 Å². The van der Waals surface area contributed by atoms with Crippen molar-refractivity contribution in [1.29, 1.82) is 0 Å². The molecule has 1 N–H and O–H groups in total. The molecule has 0 fully saturated rings. The molecular formula is C11H14BrNO. The third kappa shape index (κ3) is 2.10. The molecule has 0 aliphatic carbocycles. The lowest BCUT2D eigenvalue weighted by molar-refractivity contribution is 0.182. The van der Waals surface area contributed by atoms with E-state index in [1.165, 1.54) is 11.3 Å². The molecule has 1 atom stereocenters. The van der Waals surface area contributed by atoms with Gasteiger partial charge in [-0.05, 0) is 36.6 Å². The lowest BCUT2D eigenvalue weighted by Gasteiger charge is -2.26. The number of benzene rings is 1. The van der Waals surface area contributed by atoms with Crippen LogP contribution in [-0.2, 0) is 11.2 Å². The van der Waals surface area contributed by atoms with Gasteiger partial charge in [-0.25, -0.2) is 0 Å². The SMILES string of the molecule is COCC1CCc2cc(Br)ccc2N1. The van der Waals surface area contributed by atoms with Crippen molar-refractivity contribution in [3.05, 3.63) is 28.2 Å². The number of aryl methyl sites for hydroxylation is 1. The first-order valence-corrected chi connectivity index (χ1v) is 5.63. The fourth-order valence-corrected chi connectivity index (χ4v) is 2.27. The molecule has 1 unspecified atom stereocenters. The minimum Gasteiger partial charge on any atom is -0.383 e. The second-order valence-corrected chi connectivity index (χ2v) is 4.55. The number of ether oxygens (including phenoxy) is 1. The Morgan fingerprint density at radius 3 is 3.21 bits per heavy atom. The van der Waals surface area contributed by atoms with Gasteiger partial charge in [0.1, 0.15) is 0 Å². The Morgan fingerprint density at radius 2 is 2.43 bits per heavy atom. The molecular weight excluding hydrogens is 242 g/mol. The van der Waals surface area contributed by atoms with Crippen LogP contribution in [0, 0.1) is 0 Å². The number of methoxy groups -OCH3 is 1. The standard InChI is InChI=1S/C11H14BrNO/c1-14-7-10-4-2-8-6-9(12)3-5-11(8)13-10/h3,5-6,10,13H,2,4,7H2,1H3. The Kier molecular flexibility index (Phi) is 3.08. The van der Waals surface area contributed by atoms with E-state index in [0.29, 0.717) is 6.04 Å². The third-order valence-corrected chi connectivity index (χ3v) is 3.05. The Hall–Kier alpha value is -0.540. The maximum absolute atomic E-state index is 5.15. The summed E-state index contributed by atoms with van der Waals surface area (Å²) in [4.78, 5) is 0. The van der Waals surface area contributed by atoms with Gasteiger partial charge in [-0.2, -0.15) is 0 Å². The van der Waals surface area contributed by atoms with Gasteiger partial charge in [0.25, 0.3) is 0 Å². The maximum atomic E-state index is 5.15. The van der Waals surface area contributed by atoms with Crippen LogP contribution in [0.2, 0.25) is 0 Å². The van der Waals surface area contributed by atoms with Crippen molar-refractivity contribution in [3.63, 3.8) is 0 Å². The average Bonchev–Trinajstić information content (AvgIpc) is 2.19. The first-order chi connectivity index (χ1) is 6.79. The number of hydrogen-bond donors (Lipinski definition) is 1. The quantitative estimate of drug-likeness (QED) is 0.878. The summed E-state index contributed by atoms with van der Waals surface area (Å²) in [6.45, 7) is 0.787.